The zero-order valence-corrected chi connectivity index (χ0v) is 9.39. The summed E-state index contributed by atoms with van der Waals surface area (Å²) in [5.74, 6) is -1.33. The zero-order chi connectivity index (χ0) is 12.3. The van der Waals surface area contributed by atoms with Crippen LogP contribution in [0.5, 0.6) is 0 Å². The molecule has 0 spiro atoms. The van der Waals surface area contributed by atoms with Crippen LogP contribution < -0.4 is 0 Å². The molecule has 0 saturated carbocycles. The average Bonchev–Trinajstić information content (AvgIpc) is 2.33. The van der Waals surface area contributed by atoms with Gasteiger partial charge in [0.05, 0.1) is 13.2 Å². The topological polar surface area (TPSA) is 63.6 Å². The Hall–Kier alpha value is -1.68. The SMILES string of the molecule is O=C(O)C1(Cc2ccccc2)COCCC1=O. The van der Waals surface area contributed by atoms with Crippen LogP contribution in [0.2, 0.25) is 0 Å². The summed E-state index contributed by atoms with van der Waals surface area (Å²) >= 11 is 0. The van der Waals surface area contributed by atoms with Gasteiger partial charge in [-0.2, -0.15) is 0 Å². The van der Waals surface area contributed by atoms with Gasteiger partial charge in [-0.15, -0.1) is 0 Å². The van der Waals surface area contributed by atoms with Crippen molar-refractivity contribution >= 4 is 11.8 Å². The van der Waals surface area contributed by atoms with E-state index in [1.165, 1.54) is 0 Å². The molecule has 1 heterocycles. The molecule has 4 heteroatoms. The molecule has 1 atom stereocenters. The monoisotopic (exact) mass is 234 g/mol. The van der Waals surface area contributed by atoms with Gasteiger partial charge in [0.2, 0.25) is 0 Å². The number of rotatable bonds is 3. The van der Waals surface area contributed by atoms with E-state index in [1.54, 1.807) is 0 Å². The Morgan fingerprint density at radius 1 is 1.35 bits per heavy atom. The Bertz CT molecular complexity index is 426. The fourth-order valence-corrected chi connectivity index (χ4v) is 2.08. The molecule has 17 heavy (non-hydrogen) atoms. The molecule has 0 bridgehead atoms. The maximum atomic E-state index is 11.9. The lowest BCUT2D eigenvalue weighted by Crippen LogP contribution is -2.48. The lowest BCUT2D eigenvalue weighted by atomic mass is 9.76. The zero-order valence-electron chi connectivity index (χ0n) is 9.39. The van der Waals surface area contributed by atoms with Crippen molar-refractivity contribution in [2.45, 2.75) is 12.8 Å². The first-order valence-corrected chi connectivity index (χ1v) is 5.53. The molecule has 0 amide bonds. The molecule has 1 aliphatic heterocycles. The van der Waals surface area contributed by atoms with Crippen LogP contribution >= 0.6 is 0 Å². The minimum absolute atomic E-state index is 0.0317. The third kappa shape index (κ3) is 2.22. The van der Waals surface area contributed by atoms with Crippen LogP contribution in [0.15, 0.2) is 30.3 Å². The van der Waals surface area contributed by atoms with Gasteiger partial charge >= 0.3 is 5.97 Å². The van der Waals surface area contributed by atoms with Crippen LogP contribution in [0.3, 0.4) is 0 Å². The number of ether oxygens (including phenoxy) is 1. The number of carbonyl (C=O) groups excluding carboxylic acids is 1. The molecule has 0 aromatic heterocycles. The summed E-state index contributed by atoms with van der Waals surface area (Å²) in [6.07, 6.45) is 0.376. The molecule has 1 unspecified atom stereocenters. The van der Waals surface area contributed by atoms with Crippen LogP contribution in [0, 0.1) is 5.41 Å². The highest BCUT2D eigenvalue weighted by molar-refractivity contribution is 6.04. The van der Waals surface area contributed by atoms with Gasteiger partial charge in [-0.3, -0.25) is 9.59 Å². The van der Waals surface area contributed by atoms with E-state index in [-0.39, 0.29) is 25.2 Å². The second kappa shape index (κ2) is 4.67. The number of hydrogen-bond donors (Lipinski definition) is 1. The Morgan fingerprint density at radius 3 is 2.65 bits per heavy atom. The molecule has 4 nitrogen and oxygen atoms in total. The molecule has 1 N–H and O–H groups in total. The molecule has 0 aliphatic carbocycles. The van der Waals surface area contributed by atoms with Crippen LogP contribution in [0.25, 0.3) is 0 Å². The molecule has 1 aromatic rings. The van der Waals surface area contributed by atoms with Crippen molar-refractivity contribution in [2.75, 3.05) is 13.2 Å². The minimum Gasteiger partial charge on any atom is -0.480 e. The van der Waals surface area contributed by atoms with Crippen molar-refractivity contribution in [3.8, 4) is 0 Å². The van der Waals surface area contributed by atoms with E-state index in [4.69, 9.17) is 4.74 Å². The summed E-state index contributed by atoms with van der Waals surface area (Å²) in [4.78, 5) is 23.3. The second-order valence-electron chi connectivity index (χ2n) is 4.28. The number of aliphatic carboxylic acids is 1. The first-order valence-electron chi connectivity index (χ1n) is 5.53. The summed E-state index contributed by atoms with van der Waals surface area (Å²) in [6.45, 7) is 0.290. The van der Waals surface area contributed by atoms with Crippen molar-refractivity contribution in [2.24, 2.45) is 5.41 Å². The predicted octanol–water partition coefficient (Wildman–Crippen LogP) is 1.29. The fraction of sp³-hybridized carbons (Fsp3) is 0.385. The lowest BCUT2D eigenvalue weighted by Gasteiger charge is -2.31. The van der Waals surface area contributed by atoms with E-state index in [1.807, 2.05) is 30.3 Å². The van der Waals surface area contributed by atoms with E-state index in [9.17, 15) is 14.7 Å². The van der Waals surface area contributed by atoms with Crippen molar-refractivity contribution in [3.63, 3.8) is 0 Å². The lowest BCUT2D eigenvalue weighted by molar-refractivity contribution is -0.164. The molecule has 2 rings (SSSR count). The van der Waals surface area contributed by atoms with Gasteiger partial charge < -0.3 is 9.84 Å². The van der Waals surface area contributed by atoms with Crippen LogP contribution in [-0.2, 0) is 20.7 Å². The molecule has 1 fully saturated rings. The number of ketones is 1. The maximum absolute atomic E-state index is 11.9. The third-order valence-corrected chi connectivity index (χ3v) is 3.11. The number of Topliss-reactive ketones (excluding diaryl/α,β-unsaturated/α-hetero) is 1. The molecular formula is C13H14O4. The molecular weight excluding hydrogens is 220 g/mol. The van der Waals surface area contributed by atoms with Gasteiger partial charge in [-0.25, -0.2) is 0 Å². The average molecular weight is 234 g/mol. The van der Waals surface area contributed by atoms with Crippen LogP contribution in [-0.4, -0.2) is 30.1 Å². The van der Waals surface area contributed by atoms with E-state index in [0.29, 0.717) is 6.61 Å². The maximum Gasteiger partial charge on any atom is 0.319 e. The molecule has 1 aliphatic rings. The Labute approximate surface area is 99.2 Å². The van der Waals surface area contributed by atoms with E-state index in [2.05, 4.69) is 0 Å². The van der Waals surface area contributed by atoms with Crippen molar-refractivity contribution < 1.29 is 19.4 Å². The standard InChI is InChI=1S/C13H14O4/c14-11-6-7-17-9-13(11,12(15)16)8-10-4-2-1-3-5-10/h1-5H,6-9H2,(H,15,16). The second-order valence-corrected chi connectivity index (χ2v) is 4.28. The van der Waals surface area contributed by atoms with E-state index >= 15 is 0 Å². The van der Waals surface area contributed by atoms with E-state index < -0.39 is 11.4 Å². The van der Waals surface area contributed by atoms with Crippen LogP contribution in [0.4, 0.5) is 0 Å². The number of benzene rings is 1. The summed E-state index contributed by atoms with van der Waals surface area (Å²) in [5, 5.41) is 9.32. The van der Waals surface area contributed by atoms with Crippen molar-refractivity contribution in [3.05, 3.63) is 35.9 Å². The largest absolute Gasteiger partial charge is 0.480 e. The van der Waals surface area contributed by atoms with Gasteiger partial charge in [-0.05, 0) is 12.0 Å². The minimum atomic E-state index is -1.40. The highest BCUT2D eigenvalue weighted by Gasteiger charge is 2.47. The van der Waals surface area contributed by atoms with Gasteiger partial charge in [0.15, 0.2) is 11.2 Å². The van der Waals surface area contributed by atoms with Crippen LogP contribution in [0.1, 0.15) is 12.0 Å². The normalized spacial score (nSPS) is 24.6. The van der Waals surface area contributed by atoms with Gasteiger partial charge in [0.1, 0.15) is 0 Å². The van der Waals surface area contributed by atoms with Gasteiger partial charge in [0.25, 0.3) is 0 Å². The van der Waals surface area contributed by atoms with Crippen molar-refractivity contribution in [1.29, 1.82) is 0 Å². The van der Waals surface area contributed by atoms with Gasteiger partial charge in [0, 0.05) is 6.42 Å². The Morgan fingerprint density at radius 2 is 2.06 bits per heavy atom. The Balaban J connectivity index is 2.29. The number of carboxylic acids is 1. The first-order chi connectivity index (χ1) is 8.15. The quantitative estimate of drug-likeness (QED) is 0.800. The predicted molar refractivity (Wildman–Crippen MR) is 60.7 cm³/mol. The summed E-state index contributed by atoms with van der Waals surface area (Å²) in [7, 11) is 0. The third-order valence-electron chi connectivity index (χ3n) is 3.11. The van der Waals surface area contributed by atoms with Gasteiger partial charge in [-0.1, -0.05) is 30.3 Å². The van der Waals surface area contributed by atoms with Crippen molar-refractivity contribution in [1.82, 2.24) is 0 Å². The highest BCUT2D eigenvalue weighted by atomic mass is 16.5. The molecule has 0 radical (unpaired) electrons. The Kier molecular flexibility index (Phi) is 3.24. The summed E-state index contributed by atoms with van der Waals surface area (Å²) < 4.78 is 5.19. The number of hydrogen-bond acceptors (Lipinski definition) is 3. The molecule has 1 aromatic carbocycles. The summed E-state index contributed by atoms with van der Waals surface area (Å²) in [6, 6.07) is 9.17. The fourth-order valence-electron chi connectivity index (χ4n) is 2.08. The van der Waals surface area contributed by atoms with E-state index in [0.717, 1.165) is 5.56 Å². The smallest absolute Gasteiger partial charge is 0.319 e. The molecule has 1 saturated heterocycles. The first kappa shape index (κ1) is 11.8. The summed E-state index contributed by atoms with van der Waals surface area (Å²) in [5.41, 5.74) is -0.562. The molecule has 90 valence electrons. The number of carboxylic acid groups (broad SMARTS) is 1. The highest BCUT2D eigenvalue weighted by Crippen LogP contribution is 2.30. The number of carbonyl (C=O) groups is 2.